The predicted octanol–water partition coefficient (Wildman–Crippen LogP) is -1.59. The van der Waals surface area contributed by atoms with Gasteiger partial charge in [0.2, 0.25) is 53.2 Å². The molecule has 2 aliphatic rings. The molecule has 262 valence electrons. The summed E-state index contributed by atoms with van der Waals surface area (Å²) in [4.78, 5) is 113. The maximum atomic E-state index is 12.8. The van der Waals surface area contributed by atoms with Gasteiger partial charge in [-0.1, -0.05) is 13.8 Å². The molecular weight excluding hydrogens is 618 g/mol. The molecule has 17 nitrogen and oxygen atoms in total. The van der Waals surface area contributed by atoms with Crippen molar-refractivity contribution in [2.24, 2.45) is 11.8 Å². The minimum Gasteiger partial charge on any atom is -0.381 e. The Morgan fingerprint density at radius 2 is 1.04 bits per heavy atom. The molecule has 4 atom stereocenters. The third-order valence-electron chi connectivity index (χ3n) is 7.48. The number of carbonyl (C=O) groups excluding carboxylic acids is 9. The second-order valence-electron chi connectivity index (χ2n) is 11.8. The Kier molecular flexibility index (Phi) is 15.4. The number of hydrogen-bond acceptors (Lipinski definition) is 10. The number of nitrogens with one attached hydrogen (secondary N) is 5. The molecule has 0 saturated carbocycles. The zero-order valence-corrected chi connectivity index (χ0v) is 27.6. The van der Waals surface area contributed by atoms with E-state index in [-0.39, 0.29) is 88.3 Å². The van der Waals surface area contributed by atoms with E-state index in [1.54, 1.807) is 20.8 Å². The Morgan fingerprint density at radius 1 is 0.660 bits per heavy atom. The van der Waals surface area contributed by atoms with Crippen LogP contribution in [0.5, 0.6) is 0 Å². The van der Waals surface area contributed by atoms with Gasteiger partial charge < -0.3 is 31.3 Å². The molecule has 0 radical (unpaired) electrons. The smallest absolute Gasteiger partial charge is 0.232 e. The van der Waals surface area contributed by atoms with Crippen molar-refractivity contribution in [1.82, 2.24) is 36.4 Å². The number of nitrogens with zero attached hydrogens (tertiary/aromatic N) is 2. The van der Waals surface area contributed by atoms with Gasteiger partial charge in [-0.25, -0.2) is 0 Å². The highest BCUT2D eigenvalue weighted by molar-refractivity contribution is 6.04. The summed E-state index contributed by atoms with van der Waals surface area (Å²) in [6, 6.07) is -0.946. The molecule has 9 amide bonds. The number of hydrogen-bond donors (Lipinski definition) is 5. The van der Waals surface area contributed by atoms with Crippen molar-refractivity contribution in [2.75, 3.05) is 26.3 Å². The van der Waals surface area contributed by atoms with Crippen LogP contribution < -0.4 is 26.6 Å². The van der Waals surface area contributed by atoms with Crippen LogP contribution in [0.15, 0.2) is 0 Å². The van der Waals surface area contributed by atoms with Crippen LogP contribution >= 0.6 is 0 Å². The zero-order valence-electron chi connectivity index (χ0n) is 27.6. The van der Waals surface area contributed by atoms with Gasteiger partial charge in [-0.3, -0.25) is 53.0 Å². The third kappa shape index (κ3) is 13.1. The van der Waals surface area contributed by atoms with E-state index in [1.165, 1.54) is 13.8 Å². The zero-order chi connectivity index (χ0) is 35.3. The summed E-state index contributed by atoms with van der Waals surface area (Å²) in [6.07, 6.45) is -2.41. The largest absolute Gasteiger partial charge is 0.381 e. The molecule has 0 spiro atoms. The second-order valence-corrected chi connectivity index (χ2v) is 11.8. The van der Waals surface area contributed by atoms with Crippen LogP contribution in [0, 0.1) is 11.8 Å². The molecule has 47 heavy (non-hydrogen) atoms. The van der Waals surface area contributed by atoms with Crippen LogP contribution in [0.3, 0.4) is 0 Å². The first-order chi connectivity index (χ1) is 22.1. The van der Waals surface area contributed by atoms with Crippen molar-refractivity contribution in [3.63, 3.8) is 0 Å². The summed E-state index contributed by atoms with van der Waals surface area (Å²) in [6.45, 7) is 8.46. The van der Waals surface area contributed by atoms with Crippen molar-refractivity contribution in [3.05, 3.63) is 0 Å². The number of imide groups is 2. The lowest BCUT2D eigenvalue weighted by molar-refractivity contribution is -0.141. The monoisotopic (exact) mass is 665 g/mol. The van der Waals surface area contributed by atoms with E-state index in [4.69, 9.17) is 4.74 Å². The van der Waals surface area contributed by atoms with Crippen LogP contribution in [0.1, 0.15) is 79.6 Å². The van der Waals surface area contributed by atoms with Crippen LogP contribution in [-0.2, 0) is 47.9 Å². The van der Waals surface area contributed by atoms with E-state index in [0.29, 0.717) is 6.61 Å². The lowest BCUT2D eigenvalue weighted by Crippen LogP contribution is -2.50. The molecule has 0 aromatic carbocycles. The maximum Gasteiger partial charge on any atom is 0.232 e. The van der Waals surface area contributed by atoms with Crippen molar-refractivity contribution >= 4 is 53.2 Å². The molecule has 2 aliphatic heterocycles. The van der Waals surface area contributed by atoms with Gasteiger partial charge in [-0.2, -0.15) is 0 Å². The van der Waals surface area contributed by atoms with Crippen molar-refractivity contribution in [1.29, 1.82) is 0 Å². The Labute approximate surface area is 273 Å². The van der Waals surface area contributed by atoms with Gasteiger partial charge in [0.05, 0.1) is 18.9 Å². The molecule has 2 heterocycles. The van der Waals surface area contributed by atoms with Gasteiger partial charge in [0.1, 0.15) is 0 Å². The number of amides is 9. The molecule has 0 aromatic heterocycles. The second kappa shape index (κ2) is 18.7. The first kappa shape index (κ1) is 38.8. The fourth-order valence-corrected chi connectivity index (χ4v) is 5.12. The van der Waals surface area contributed by atoms with E-state index in [1.807, 2.05) is 0 Å². The van der Waals surface area contributed by atoms with E-state index in [0.717, 1.165) is 9.80 Å². The average Bonchev–Trinajstić information content (AvgIpc) is 3.35. The normalized spacial score (nSPS) is 19.7. The lowest BCUT2D eigenvalue weighted by atomic mass is 10.1. The highest BCUT2D eigenvalue weighted by Gasteiger charge is 2.36. The Morgan fingerprint density at radius 3 is 1.40 bits per heavy atom. The maximum absolute atomic E-state index is 12.8. The molecule has 4 unspecified atom stereocenters. The Hall–Kier alpha value is -4.41. The minimum atomic E-state index is -0.946. The molecule has 0 bridgehead atoms. The molecule has 2 rings (SSSR count). The Bertz CT molecular complexity index is 1150. The lowest BCUT2D eigenvalue weighted by Gasteiger charge is -2.22. The van der Waals surface area contributed by atoms with Gasteiger partial charge in [0, 0.05) is 82.5 Å². The van der Waals surface area contributed by atoms with E-state index >= 15 is 0 Å². The van der Waals surface area contributed by atoms with Crippen LogP contribution in [0.2, 0.25) is 0 Å². The SMILES string of the molecule is CCOCCC(=O)NC(CC(=O)NC(C)NC(=O)CCN1C(=O)CC(C)C1=O)CC(=O)NC(C)NC(=O)CCN1C(=O)CC(C)C1=O. The first-order valence-corrected chi connectivity index (χ1v) is 15.8. The van der Waals surface area contributed by atoms with Crippen molar-refractivity contribution < 1.29 is 47.9 Å². The highest BCUT2D eigenvalue weighted by atomic mass is 16.5. The van der Waals surface area contributed by atoms with E-state index in [2.05, 4.69) is 26.6 Å². The molecule has 5 N–H and O–H groups in total. The van der Waals surface area contributed by atoms with Crippen LogP contribution in [0.25, 0.3) is 0 Å². The third-order valence-corrected chi connectivity index (χ3v) is 7.48. The summed E-state index contributed by atoms with van der Waals surface area (Å²) in [7, 11) is 0. The quantitative estimate of drug-likeness (QED) is 0.0603. The van der Waals surface area contributed by atoms with Crippen LogP contribution in [0.4, 0.5) is 0 Å². The van der Waals surface area contributed by atoms with Gasteiger partial charge in [0.15, 0.2) is 0 Å². The summed E-state index contributed by atoms with van der Waals surface area (Å²) >= 11 is 0. The van der Waals surface area contributed by atoms with E-state index < -0.39 is 59.7 Å². The number of carbonyl (C=O) groups is 9. The molecule has 2 saturated heterocycles. The molecular formula is C30H47N7O10. The van der Waals surface area contributed by atoms with Crippen LogP contribution in [-0.4, -0.2) is 108 Å². The molecule has 2 fully saturated rings. The highest BCUT2D eigenvalue weighted by Crippen LogP contribution is 2.19. The van der Waals surface area contributed by atoms with Crippen molar-refractivity contribution in [3.8, 4) is 0 Å². The van der Waals surface area contributed by atoms with Gasteiger partial charge in [-0.05, 0) is 20.8 Å². The predicted molar refractivity (Wildman–Crippen MR) is 164 cm³/mol. The molecule has 0 aromatic rings. The van der Waals surface area contributed by atoms with Gasteiger partial charge >= 0.3 is 0 Å². The summed E-state index contributed by atoms with van der Waals surface area (Å²) < 4.78 is 5.19. The summed E-state index contributed by atoms with van der Waals surface area (Å²) in [5.74, 6) is -4.79. The standard InChI is InChI=1S/C30H47N7O10/c1-6-47-12-9-24(40)35-21(15-25(41)33-19(4)31-22(38)7-10-36-27(43)13-17(2)29(36)45)16-26(42)34-20(5)32-23(39)8-11-37-28(44)14-18(3)30(37)46/h17-21H,6-16H2,1-5H3,(H,31,38)(H,32,39)(H,33,41)(H,34,42)(H,35,40). The summed E-state index contributed by atoms with van der Waals surface area (Å²) in [5.41, 5.74) is 0. The molecule has 0 aliphatic carbocycles. The molecule has 17 heteroatoms. The fourth-order valence-electron chi connectivity index (χ4n) is 5.12. The topological polar surface area (TPSA) is 229 Å². The fraction of sp³-hybridized carbons (Fsp3) is 0.700. The van der Waals surface area contributed by atoms with E-state index in [9.17, 15) is 43.2 Å². The first-order valence-electron chi connectivity index (χ1n) is 15.8. The number of likely N-dealkylation sites (tertiary alicyclic amines) is 2. The van der Waals surface area contributed by atoms with Gasteiger partial charge in [-0.15, -0.1) is 0 Å². The number of rotatable bonds is 19. The minimum absolute atomic E-state index is 0.00585. The van der Waals surface area contributed by atoms with Crippen molar-refractivity contribution in [2.45, 2.75) is 97.9 Å². The average molecular weight is 666 g/mol. The Balaban J connectivity index is 1.85. The number of ether oxygens (including phenoxy) is 1. The summed E-state index contributed by atoms with van der Waals surface area (Å²) in [5, 5.41) is 12.9. The van der Waals surface area contributed by atoms with Gasteiger partial charge in [0.25, 0.3) is 0 Å².